The molecule has 126 valence electrons. The summed E-state index contributed by atoms with van der Waals surface area (Å²) in [6.45, 7) is 4.55. The van der Waals surface area contributed by atoms with E-state index in [0.717, 1.165) is 17.9 Å². The number of hydrogen-bond acceptors (Lipinski definition) is 4. The smallest absolute Gasteiger partial charge is 0.248 e. The van der Waals surface area contributed by atoms with Crippen LogP contribution in [0, 0.1) is 11.8 Å². The highest BCUT2D eigenvalue weighted by atomic mass is 16.2. The molecule has 7 heteroatoms. The van der Waals surface area contributed by atoms with Crippen LogP contribution in [0.1, 0.15) is 26.1 Å². The number of nitrogens with zero attached hydrogens (tertiary/aromatic N) is 3. The Morgan fingerprint density at radius 1 is 1.38 bits per heavy atom. The van der Waals surface area contributed by atoms with Crippen LogP contribution in [-0.2, 0) is 16.0 Å². The normalized spacial score (nSPS) is 17.5. The highest BCUT2D eigenvalue weighted by Crippen LogP contribution is 2.25. The van der Waals surface area contributed by atoms with E-state index >= 15 is 0 Å². The molecule has 2 N–H and O–H groups in total. The third-order valence-corrected chi connectivity index (χ3v) is 3.93. The number of carbonyl (C=O) groups excluding carboxylic acids is 2. The molecule has 24 heavy (non-hydrogen) atoms. The van der Waals surface area contributed by atoms with E-state index in [1.807, 2.05) is 30.3 Å². The maximum Gasteiger partial charge on any atom is 0.248 e. The van der Waals surface area contributed by atoms with Crippen LogP contribution in [0.2, 0.25) is 0 Å². The van der Waals surface area contributed by atoms with Crippen molar-refractivity contribution in [2.45, 2.75) is 26.7 Å². The van der Waals surface area contributed by atoms with Crippen LogP contribution >= 0.6 is 0 Å². The summed E-state index contributed by atoms with van der Waals surface area (Å²) in [6.07, 6.45) is 0.969. The van der Waals surface area contributed by atoms with E-state index in [9.17, 15) is 9.59 Å². The summed E-state index contributed by atoms with van der Waals surface area (Å²) in [5.74, 6) is 0.793. The molecule has 0 saturated carbocycles. The molecule has 0 radical (unpaired) electrons. The Bertz CT molecular complexity index is 726. The van der Waals surface area contributed by atoms with Crippen LogP contribution < -0.4 is 10.2 Å². The Balaban J connectivity index is 1.62. The van der Waals surface area contributed by atoms with Crippen molar-refractivity contribution in [1.82, 2.24) is 15.2 Å². The van der Waals surface area contributed by atoms with Gasteiger partial charge in [0, 0.05) is 25.1 Å². The van der Waals surface area contributed by atoms with Crippen LogP contribution in [0.4, 0.5) is 11.6 Å². The summed E-state index contributed by atoms with van der Waals surface area (Å²) in [5, 5.41) is 9.53. The zero-order valence-corrected chi connectivity index (χ0v) is 13.8. The monoisotopic (exact) mass is 327 g/mol. The second-order valence-electron chi connectivity index (χ2n) is 6.43. The molecule has 2 aromatic rings. The van der Waals surface area contributed by atoms with Gasteiger partial charge in [0.05, 0.1) is 5.92 Å². The van der Waals surface area contributed by atoms with E-state index in [2.05, 4.69) is 34.3 Å². The summed E-state index contributed by atoms with van der Waals surface area (Å²) >= 11 is 0. The van der Waals surface area contributed by atoms with Gasteiger partial charge in [0.15, 0.2) is 0 Å². The Labute approximate surface area is 140 Å². The van der Waals surface area contributed by atoms with Crippen molar-refractivity contribution < 1.29 is 9.59 Å². The lowest BCUT2D eigenvalue weighted by molar-refractivity contribution is -0.122. The lowest BCUT2D eigenvalue weighted by Crippen LogP contribution is -2.28. The summed E-state index contributed by atoms with van der Waals surface area (Å²) < 4.78 is 0. The first kappa shape index (κ1) is 16.2. The Morgan fingerprint density at radius 2 is 2.12 bits per heavy atom. The standard InChI is InChI=1S/C17H21N5O2/c1-11(2)8-14-18-17(21-20-14)19-16(24)12-9-15(23)22(10-12)13-6-4-3-5-7-13/h3-7,11-12H,8-10H2,1-2H3,(H2,18,19,20,21,24)/t12-/m1/s1. The third-order valence-electron chi connectivity index (χ3n) is 3.93. The van der Waals surface area contributed by atoms with Gasteiger partial charge in [0.1, 0.15) is 5.82 Å². The van der Waals surface area contributed by atoms with Gasteiger partial charge in [0.25, 0.3) is 0 Å². The highest BCUT2D eigenvalue weighted by molar-refractivity contribution is 6.03. The number of aromatic nitrogens is 3. The lowest BCUT2D eigenvalue weighted by atomic mass is 10.1. The zero-order chi connectivity index (χ0) is 17.1. The molecule has 1 atom stereocenters. The largest absolute Gasteiger partial charge is 0.312 e. The van der Waals surface area contributed by atoms with Crippen LogP contribution in [0.15, 0.2) is 30.3 Å². The molecule has 1 aromatic heterocycles. The average molecular weight is 327 g/mol. The van der Waals surface area contributed by atoms with E-state index in [1.165, 1.54) is 0 Å². The van der Waals surface area contributed by atoms with Crippen molar-refractivity contribution >= 4 is 23.5 Å². The van der Waals surface area contributed by atoms with Crippen LogP contribution in [0.3, 0.4) is 0 Å². The molecule has 0 unspecified atom stereocenters. The second kappa shape index (κ2) is 6.82. The number of nitrogens with one attached hydrogen (secondary N) is 2. The second-order valence-corrected chi connectivity index (χ2v) is 6.43. The minimum Gasteiger partial charge on any atom is -0.312 e. The lowest BCUT2D eigenvalue weighted by Gasteiger charge is -2.16. The number of anilines is 2. The molecule has 2 amide bonds. The fourth-order valence-electron chi connectivity index (χ4n) is 2.78. The molecule has 1 aromatic carbocycles. The van der Waals surface area contributed by atoms with Crippen molar-refractivity contribution in [2.75, 3.05) is 16.8 Å². The minimum atomic E-state index is -0.398. The molecule has 1 aliphatic heterocycles. The number of amides is 2. The maximum atomic E-state index is 12.4. The fourth-order valence-corrected chi connectivity index (χ4v) is 2.78. The zero-order valence-electron chi connectivity index (χ0n) is 13.8. The molecule has 3 rings (SSSR count). The van der Waals surface area contributed by atoms with Crippen molar-refractivity contribution in [3.8, 4) is 0 Å². The van der Waals surface area contributed by atoms with Gasteiger partial charge in [-0.15, -0.1) is 5.10 Å². The van der Waals surface area contributed by atoms with Gasteiger partial charge < -0.3 is 4.90 Å². The summed E-state index contributed by atoms with van der Waals surface area (Å²) in [5.41, 5.74) is 0.815. The molecule has 1 aliphatic rings. The molecule has 7 nitrogen and oxygen atoms in total. The molecular formula is C17H21N5O2. The van der Waals surface area contributed by atoms with Gasteiger partial charge in [-0.2, -0.15) is 4.98 Å². The molecular weight excluding hydrogens is 306 g/mol. The number of hydrogen-bond donors (Lipinski definition) is 2. The van der Waals surface area contributed by atoms with Gasteiger partial charge in [-0.05, 0) is 18.1 Å². The summed E-state index contributed by atoms with van der Waals surface area (Å²) in [7, 11) is 0. The molecule has 1 saturated heterocycles. The predicted octanol–water partition coefficient (Wildman–Crippen LogP) is 1.99. The van der Waals surface area contributed by atoms with E-state index in [-0.39, 0.29) is 24.2 Å². The predicted molar refractivity (Wildman–Crippen MR) is 90.5 cm³/mol. The van der Waals surface area contributed by atoms with E-state index in [4.69, 9.17) is 0 Å². The van der Waals surface area contributed by atoms with Crippen molar-refractivity contribution in [3.05, 3.63) is 36.2 Å². The SMILES string of the molecule is CC(C)Cc1nc(NC(=O)[C@@H]2CC(=O)N(c3ccccc3)C2)n[nH]1. The number of aromatic amines is 1. The number of rotatable bonds is 5. The Morgan fingerprint density at radius 3 is 2.83 bits per heavy atom. The van der Waals surface area contributed by atoms with Crippen molar-refractivity contribution in [1.29, 1.82) is 0 Å². The van der Waals surface area contributed by atoms with Gasteiger partial charge in [-0.3, -0.25) is 20.0 Å². The van der Waals surface area contributed by atoms with Gasteiger partial charge >= 0.3 is 0 Å². The number of para-hydroxylation sites is 1. The quantitative estimate of drug-likeness (QED) is 0.878. The molecule has 0 bridgehead atoms. The van der Waals surface area contributed by atoms with Crippen molar-refractivity contribution in [2.24, 2.45) is 11.8 Å². The van der Waals surface area contributed by atoms with Crippen LogP contribution in [0.5, 0.6) is 0 Å². The number of carbonyl (C=O) groups is 2. The first-order chi connectivity index (χ1) is 11.5. The summed E-state index contributed by atoms with van der Waals surface area (Å²) in [4.78, 5) is 30.5. The molecule has 1 fully saturated rings. The third kappa shape index (κ3) is 3.61. The Kier molecular flexibility index (Phi) is 4.59. The van der Waals surface area contributed by atoms with E-state index in [1.54, 1.807) is 4.90 Å². The minimum absolute atomic E-state index is 0.0446. The fraction of sp³-hybridized carbons (Fsp3) is 0.412. The Hall–Kier alpha value is -2.70. The molecule has 0 aliphatic carbocycles. The summed E-state index contributed by atoms with van der Waals surface area (Å²) in [6, 6.07) is 9.38. The number of benzene rings is 1. The first-order valence-electron chi connectivity index (χ1n) is 8.10. The van der Waals surface area contributed by atoms with Gasteiger partial charge in [0.2, 0.25) is 17.8 Å². The highest BCUT2D eigenvalue weighted by Gasteiger charge is 2.35. The van der Waals surface area contributed by atoms with Gasteiger partial charge in [-0.1, -0.05) is 32.0 Å². The van der Waals surface area contributed by atoms with Crippen LogP contribution in [-0.4, -0.2) is 33.5 Å². The maximum absolute atomic E-state index is 12.4. The first-order valence-corrected chi connectivity index (χ1v) is 8.10. The van der Waals surface area contributed by atoms with E-state index in [0.29, 0.717) is 12.5 Å². The molecule has 0 spiro atoms. The van der Waals surface area contributed by atoms with Crippen molar-refractivity contribution in [3.63, 3.8) is 0 Å². The van der Waals surface area contributed by atoms with Gasteiger partial charge in [-0.25, -0.2) is 0 Å². The topological polar surface area (TPSA) is 91.0 Å². The number of H-pyrrole nitrogens is 1. The average Bonchev–Trinajstić information content (AvgIpc) is 3.14. The van der Waals surface area contributed by atoms with Crippen LogP contribution in [0.25, 0.3) is 0 Å². The molecule has 2 heterocycles. The van der Waals surface area contributed by atoms with E-state index < -0.39 is 5.92 Å².